The Kier molecular flexibility index (Phi) is 7.64. The molecular weight excluding hydrogens is 486 g/mol. The number of hydrogen-bond acceptors (Lipinski definition) is 7. The van der Waals surface area contributed by atoms with Crippen molar-refractivity contribution >= 4 is 26.7 Å². The van der Waals surface area contributed by atoms with Crippen molar-refractivity contribution in [3.05, 3.63) is 90.3 Å². The van der Waals surface area contributed by atoms with Crippen LogP contribution in [0.25, 0.3) is 10.9 Å². The predicted molar refractivity (Wildman–Crippen MR) is 145 cm³/mol. The van der Waals surface area contributed by atoms with Crippen LogP contribution in [0.15, 0.2) is 83.8 Å². The minimum Gasteiger partial charge on any atom is -0.497 e. The molecule has 0 spiro atoms. The summed E-state index contributed by atoms with van der Waals surface area (Å²) in [5.41, 5.74) is 2.10. The summed E-state index contributed by atoms with van der Waals surface area (Å²) in [6, 6.07) is 24.8. The molecule has 3 aromatic carbocycles. The van der Waals surface area contributed by atoms with Crippen LogP contribution in [0.3, 0.4) is 0 Å². The summed E-state index contributed by atoms with van der Waals surface area (Å²) in [5, 5.41) is 4.48. The van der Waals surface area contributed by atoms with Crippen LogP contribution in [0.1, 0.15) is 11.4 Å². The third-order valence-corrected chi connectivity index (χ3v) is 8.55. The Morgan fingerprint density at radius 3 is 2.30 bits per heavy atom. The minimum atomic E-state index is -3.52. The molecule has 0 unspecified atom stereocenters. The quantitative estimate of drug-likeness (QED) is 0.361. The largest absolute Gasteiger partial charge is 0.497 e. The van der Waals surface area contributed by atoms with E-state index in [9.17, 15) is 8.42 Å². The highest BCUT2D eigenvalue weighted by Crippen LogP contribution is 2.23. The van der Waals surface area contributed by atoms with Crippen LogP contribution in [0.2, 0.25) is 0 Å². The zero-order valence-corrected chi connectivity index (χ0v) is 21.7. The molecule has 1 N–H and O–H groups in total. The van der Waals surface area contributed by atoms with Crippen molar-refractivity contribution in [3.8, 4) is 5.75 Å². The van der Waals surface area contributed by atoms with Crippen LogP contribution in [-0.2, 0) is 23.0 Å². The molecule has 4 aromatic rings. The summed E-state index contributed by atoms with van der Waals surface area (Å²) in [6.07, 6.45) is 0.691. The number of ether oxygens (including phenoxy) is 1. The normalized spacial score (nSPS) is 15.1. The Hall–Kier alpha value is -3.53. The summed E-state index contributed by atoms with van der Waals surface area (Å²) in [5.74, 6) is 2.25. The number of methoxy groups -OCH3 is 1. The van der Waals surface area contributed by atoms with Gasteiger partial charge in [0, 0.05) is 51.1 Å². The molecule has 192 valence electrons. The molecule has 1 aromatic heterocycles. The van der Waals surface area contributed by atoms with E-state index in [0.29, 0.717) is 49.8 Å². The molecule has 1 saturated heterocycles. The first-order valence-electron chi connectivity index (χ1n) is 12.4. The van der Waals surface area contributed by atoms with E-state index in [-0.39, 0.29) is 0 Å². The highest BCUT2D eigenvalue weighted by molar-refractivity contribution is 7.89. The Morgan fingerprint density at radius 2 is 1.57 bits per heavy atom. The number of fused-ring (bicyclic) bond motifs is 1. The zero-order valence-electron chi connectivity index (χ0n) is 20.9. The fourth-order valence-electron chi connectivity index (χ4n) is 4.50. The predicted octanol–water partition coefficient (Wildman–Crippen LogP) is 3.80. The fraction of sp³-hybridized carbons (Fsp3) is 0.286. The van der Waals surface area contributed by atoms with Gasteiger partial charge in [-0.3, -0.25) is 0 Å². The molecule has 1 aliphatic rings. The van der Waals surface area contributed by atoms with Gasteiger partial charge in [0.1, 0.15) is 17.4 Å². The van der Waals surface area contributed by atoms with Crippen molar-refractivity contribution in [2.45, 2.75) is 17.9 Å². The maximum atomic E-state index is 13.0. The van der Waals surface area contributed by atoms with Gasteiger partial charge >= 0.3 is 0 Å². The van der Waals surface area contributed by atoms with E-state index >= 15 is 0 Å². The Morgan fingerprint density at radius 1 is 0.865 bits per heavy atom. The molecule has 37 heavy (non-hydrogen) atoms. The zero-order chi connectivity index (χ0) is 25.7. The number of nitrogens with one attached hydrogen (secondary N) is 1. The number of nitrogens with zero attached hydrogens (tertiary/aromatic N) is 4. The lowest BCUT2D eigenvalue weighted by atomic mass is 10.2. The molecule has 5 rings (SSSR count). The lowest BCUT2D eigenvalue weighted by Gasteiger charge is -2.33. The van der Waals surface area contributed by atoms with Crippen molar-refractivity contribution in [2.24, 2.45) is 0 Å². The number of piperazine rings is 1. The van der Waals surface area contributed by atoms with Gasteiger partial charge in [0.05, 0.1) is 17.5 Å². The van der Waals surface area contributed by atoms with E-state index in [4.69, 9.17) is 14.7 Å². The lowest BCUT2D eigenvalue weighted by Crippen LogP contribution is -2.49. The smallest absolute Gasteiger partial charge is 0.243 e. The molecule has 0 amide bonds. The highest BCUT2D eigenvalue weighted by Gasteiger charge is 2.28. The van der Waals surface area contributed by atoms with Gasteiger partial charge in [0.2, 0.25) is 10.0 Å². The number of anilines is 1. The third kappa shape index (κ3) is 5.90. The Labute approximate surface area is 218 Å². The average Bonchev–Trinajstić information content (AvgIpc) is 2.95. The van der Waals surface area contributed by atoms with Gasteiger partial charge in [-0.15, -0.1) is 0 Å². The van der Waals surface area contributed by atoms with Crippen molar-refractivity contribution in [3.63, 3.8) is 0 Å². The number of aromatic nitrogens is 2. The number of sulfonamides is 1. The Balaban J connectivity index is 1.21. The van der Waals surface area contributed by atoms with Gasteiger partial charge in [-0.05, 0) is 42.0 Å². The van der Waals surface area contributed by atoms with Crippen LogP contribution in [0.5, 0.6) is 5.75 Å². The molecule has 1 fully saturated rings. The maximum absolute atomic E-state index is 13.0. The summed E-state index contributed by atoms with van der Waals surface area (Å²) < 4.78 is 32.8. The number of para-hydroxylation sites is 1. The third-order valence-electron chi connectivity index (χ3n) is 6.63. The van der Waals surface area contributed by atoms with Crippen LogP contribution in [0.4, 0.5) is 5.82 Å². The fourth-order valence-corrected chi connectivity index (χ4v) is 5.92. The molecule has 0 saturated carbocycles. The van der Waals surface area contributed by atoms with Gasteiger partial charge in [0.15, 0.2) is 0 Å². The van der Waals surface area contributed by atoms with E-state index in [1.807, 2.05) is 42.5 Å². The van der Waals surface area contributed by atoms with Gasteiger partial charge in [-0.1, -0.05) is 42.5 Å². The summed E-state index contributed by atoms with van der Waals surface area (Å²) >= 11 is 0. The number of rotatable bonds is 9. The van der Waals surface area contributed by atoms with Crippen LogP contribution in [0, 0.1) is 0 Å². The van der Waals surface area contributed by atoms with E-state index in [0.717, 1.165) is 29.1 Å². The SMILES string of the molecule is COc1ccc(S(=O)(=O)N2CCN(CCc3nc(NCc4ccccc4)c4ccccc4n3)CC2)cc1. The van der Waals surface area contributed by atoms with E-state index in [1.54, 1.807) is 35.7 Å². The van der Waals surface area contributed by atoms with E-state index in [2.05, 4.69) is 22.3 Å². The first-order valence-corrected chi connectivity index (χ1v) is 13.9. The second-order valence-electron chi connectivity index (χ2n) is 9.02. The van der Waals surface area contributed by atoms with Gasteiger partial charge in [-0.2, -0.15) is 4.31 Å². The first-order chi connectivity index (χ1) is 18.0. The van der Waals surface area contributed by atoms with Crippen molar-refractivity contribution < 1.29 is 13.2 Å². The first kappa shape index (κ1) is 25.1. The summed E-state index contributed by atoms with van der Waals surface area (Å²) in [7, 11) is -1.96. The number of benzene rings is 3. The standard InChI is InChI=1S/C28H31N5O3S/c1-36-23-11-13-24(14-12-23)37(34,35)33-19-17-32(18-20-33)16-15-27-30-26-10-6-5-9-25(26)28(31-27)29-21-22-7-3-2-4-8-22/h2-14H,15-21H2,1H3,(H,29,30,31). The maximum Gasteiger partial charge on any atom is 0.243 e. The van der Waals surface area contributed by atoms with Gasteiger partial charge < -0.3 is 15.0 Å². The highest BCUT2D eigenvalue weighted by atomic mass is 32.2. The minimum absolute atomic E-state index is 0.293. The number of hydrogen-bond donors (Lipinski definition) is 1. The van der Waals surface area contributed by atoms with Crippen LogP contribution in [-0.4, -0.2) is 67.4 Å². The second kappa shape index (κ2) is 11.2. The molecule has 2 heterocycles. The topological polar surface area (TPSA) is 87.7 Å². The average molecular weight is 518 g/mol. The monoisotopic (exact) mass is 517 g/mol. The second-order valence-corrected chi connectivity index (χ2v) is 11.0. The molecule has 0 aliphatic carbocycles. The molecule has 0 radical (unpaired) electrons. The molecule has 9 heteroatoms. The van der Waals surface area contributed by atoms with Crippen molar-refractivity contribution in [1.82, 2.24) is 19.2 Å². The van der Waals surface area contributed by atoms with Crippen molar-refractivity contribution in [1.29, 1.82) is 0 Å². The van der Waals surface area contributed by atoms with E-state index < -0.39 is 10.0 Å². The molecule has 0 bridgehead atoms. The van der Waals surface area contributed by atoms with Gasteiger partial charge in [-0.25, -0.2) is 18.4 Å². The Bertz CT molecular complexity index is 1440. The van der Waals surface area contributed by atoms with Gasteiger partial charge in [0.25, 0.3) is 0 Å². The van der Waals surface area contributed by atoms with Crippen molar-refractivity contribution in [2.75, 3.05) is 45.2 Å². The molecular formula is C28H31N5O3S. The van der Waals surface area contributed by atoms with Crippen LogP contribution < -0.4 is 10.1 Å². The molecule has 0 atom stereocenters. The van der Waals surface area contributed by atoms with Crippen LogP contribution >= 0.6 is 0 Å². The van der Waals surface area contributed by atoms with E-state index in [1.165, 1.54) is 5.56 Å². The summed E-state index contributed by atoms with van der Waals surface area (Å²) in [6.45, 7) is 3.70. The summed E-state index contributed by atoms with van der Waals surface area (Å²) in [4.78, 5) is 12.2. The molecule has 8 nitrogen and oxygen atoms in total. The lowest BCUT2D eigenvalue weighted by molar-refractivity contribution is 0.189. The molecule has 1 aliphatic heterocycles.